The maximum atomic E-state index is 11.4. The Labute approximate surface area is 134 Å². The van der Waals surface area contributed by atoms with E-state index in [0.29, 0.717) is 24.5 Å². The monoisotopic (exact) mass is 311 g/mol. The van der Waals surface area contributed by atoms with E-state index in [4.69, 9.17) is 5.73 Å². The molecule has 1 fully saturated rings. The average Bonchev–Trinajstić information content (AvgIpc) is 2.78. The second-order valence-electron chi connectivity index (χ2n) is 7.22. The molecule has 0 spiro atoms. The summed E-state index contributed by atoms with van der Waals surface area (Å²) >= 11 is 0. The molecule has 0 aromatic carbocycles. The van der Waals surface area contributed by atoms with Gasteiger partial charge in [-0.3, -0.25) is 14.7 Å². The van der Waals surface area contributed by atoms with Crippen LogP contribution >= 0.6 is 0 Å². The summed E-state index contributed by atoms with van der Waals surface area (Å²) in [4.78, 5) is 18.4. The van der Waals surface area contributed by atoms with E-state index in [1.807, 2.05) is 20.8 Å². The molecular weight excluding hydrogens is 278 g/mol. The highest BCUT2D eigenvalue weighted by molar-refractivity contribution is 5.82. The molecule has 0 radical (unpaired) electrons. The largest absolute Gasteiger partial charge is 0.369 e. The summed E-state index contributed by atoms with van der Waals surface area (Å²) in [7, 11) is 0. The SMILES string of the molecule is CCNC(=NCC(C)(C)C(N)=O)NC1CN(C(C)C)CC1C. The third-order valence-electron chi connectivity index (χ3n) is 4.34. The zero-order chi connectivity index (χ0) is 16.9. The lowest BCUT2D eigenvalue weighted by Gasteiger charge is -2.23. The molecule has 6 nitrogen and oxygen atoms in total. The van der Waals surface area contributed by atoms with Gasteiger partial charge in [0.2, 0.25) is 5.91 Å². The molecule has 1 rings (SSSR count). The third-order valence-corrected chi connectivity index (χ3v) is 4.34. The van der Waals surface area contributed by atoms with Crippen molar-refractivity contribution in [3.05, 3.63) is 0 Å². The summed E-state index contributed by atoms with van der Waals surface area (Å²) in [6.07, 6.45) is 0. The number of hydrogen-bond donors (Lipinski definition) is 3. The number of nitrogens with zero attached hydrogens (tertiary/aromatic N) is 2. The smallest absolute Gasteiger partial charge is 0.224 e. The first-order chi connectivity index (χ1) is 10.2. The Morgan fingerprint density at radius 2 is 2.05 bits per heavy atom. The summed E-state index contributed by atoms with van der Waals surface area (Å²) in [6, 6.07) is 0.930. The van der Waals surface area contributed by atoms with Crippen molar-refractivity contribution < 1.29 is 4.79 Å². The highest BCUT2D eigenvalue weighted by atomic mass is 16.1. The molecule has 1 aliphatic heterocycles. The zero-order valence-corrected chi connectivity index (χ0v) is 14.9. The van der Waals surface area contributed by atoms with Gasteiger partial charge in [0.1, 0.15) is 0 Å². The first-order valence-corrected chi connectivity index (χ1v) is 8.26. The minimum Gasteiger partial charge on any atom is -0.369 e. The Bertz CT molecular complexity index is 405. The first kappa shape index (κ1) is 18.7. The van der Waals surface area contributed by atoms with Gasteiger partial charge in [0.15, 0.2) is 5.96 Å². The van der Waals surface area contributed by atoms with Crippen LogP contribution in [0.4, 0.5) is 0 Å². The predicted molar refractivity (Wildman–Crippen MR) is 91.8 cm³/mol. The molecule has 0 aromatic rings. The summed E-state index contributed by atoms with van der Waals surface area (Å²) in [6.45, 7) is 15.7. The van der Waals surface area contributed by atoms with Crippen molar-refractivity contribution in [3.8, 4) is 0 Å². The van der Waals surface area contributed by atoms with Gasteiger partial charge in [-0.15, -0.1) is 0 Å². The van der Waals surface area contributed by atoms with Crippen molar-refractivity contribution in [3.63, 3.8) is 0 Å². The lowest BCUT2D eigenvalue weighted by Crippen LogP contribution is -2.47. The molecule has 1 aliphatic rings. The molecule has 22 heavy (non-hydrogen) atoms. The summed E-state index contributed by atoms with van der Waals surface area (Å²) in [5.41, 5.74) is 4.78. The van der Waals surface area contributed by atoms with E-state index >= 15 is 0 Å². The lowest BCUT2D eigenvalue weighted by molar-refractivity contribution is -0.125. The Balaban J connectivity index is 2.70. The van der Waals surface area contributed by atoms with Crippen LogP contribution in [-0.4, -0.2) is 55.0 Å². The Morgan fingerprint density at radius 1 is 1.41 bits per heavy atom. The molecule has 2 unspecified atom stereocenters. The van der Waals surface area contributed by atoms with Crippen molar-refractivity contribution in [2.75, 3.05) is 26.2 Å². The van der Waals surface area contributed by atoms with Crippen molar-refractivity contribution in [1.82, 2.24) is 15.5 Å². The van der Waals surface area contributed by atoms with Gasteiger partial charge in [0.05, 0.1) is 12.0 Å². The van der Waals surface area contributed by atoms with Gasteiger partial charge >= 0.3 is 0 Å². The number of carbonyl (C=O) groups excluding carboxylic acids is 1. The van der Waals surface area contributed by atoms with Crippen molar-refractivity contribution in [2.24, 2.45) is 22.1 Å². The molecule has 0 bridgehead atoms. The van der Waals surface area contributed by atoms with Crippen molar-refractivity contribution in [1.29, 1.82) is 0 Å². The summed E-state index contributed by atoms with van der Waals surface area (Å²) in [5.74, 6) is 1.00. The quantitative estimate of drug-likeness (QED) is 0.500. The second-order valence-corrected chi connectivity index (χ2v) is 7.22. The maximum absolute atomic E-state index is 11.4. The average molecular weight is 311 g/mol. The highest BCUT2D eigenvalue weighted by Gasteiger charge is 2.31. The summed E-state index contributed by atoms with van der Waals surface area (Å²) < 4.78 is 0. The minimum atomic E-state index is -0.631. The number of guanidine groups is 1. The molecule has 1 amide bonds. The van der Waals surface area contributed by atoms with Crippen LogP contribution in [0, 0.1) is 11.3 Å². The van der Waals surface area contributed by atoms with Crippen LogP contribution in [0.1, 0.15) is 41.5 Å². The van der Waals surface area contributed by atoms with Gasteiger partial charge in [-0.25, -0.2) is 0 Å². The van der Waals surface area contributed by atoms with Gasteiger partial charge in [-0.05, 0) is 40.5 Å². The van der Waals surface area contributed by atoms with Crippen LogP contribution in [0.5, 0.6) is 0 Å². The molecular formula is C16H33N5O. The van der Waals surface area contributed by atoms with E-state index in [0.717, 1.165) is 25.6 Å². The number of aliphatic imine (C=N–C) groups is 1. The van der Waals surface area contributed by atoms with E-state index in [1.165, 1.54) is 0 Å². The van der Waals surface area contributed by atoms with E-state index in [-0.39, 0.29) is 5.91 Å². The van der Waals surface area contributed by atoms with Crippen LogP contribution in [0.3, 0.4) is 0 Å². The number of likely N-dealkylation sites (tertiary alicyclic amines) is 1. The maximum Gasteiger partial charge on any atom is 0.224 e. The van der Waals surface area contributed by atoms with Crippen LogP contribution in [-0.2, 0) is 4.79 Å². The topological polar surface area (TPSA) is 82.7 Å². The normalized spacial score (nSPS) is 23.9. The van der Waals surface area contributed by atoms with E-state index in [2.05, 4.69) is 41.3 Å². The number of rotatable bonds is 6. The molecule has 1 saturated heterocycles. The molecule has 128 valence electrons. The molecule has 4 N–H and O–H groups in total. The second kappa shape index (κ2) is 7.81. The number of amides is 1. The molecule has 6 heteroatoms. The summed E-state index contributed by atoms with van der Waals surface area (Å²) in [5, 5.41) is 6.76. The minimum absolute atomic E-state index is 0.327. The fourth-order valence-corrected chi connectivity index (χ4v) is 2.46. The van der Waals surface area contributed by atoms with Crippen LogP contribution < -0.4 is 16.4 Å². The molecule has 2 atom stereocenters. The fraction of sp³-hybridized carbons (Fsp3) is 0.875. The van der Waals surface area contributed by atoms with Gasteiger partial charge < -0.3 is 16.4 Å². The zero-order valence-electron chi connectivity index (χ0n) is 14.9. The third kappa shape index (κ3) is 5.16. The van der Waals surface area contributed by atoms with Gasteiger partial charge in [0, 0.05) is 31.7 Å². The van der Waals surface area contributed by atoms with Gasteiger partial charge in [-0.1, -0.05) is 6.92 Å². The molecule has 0 saturated carbocycles. The number of nitrogens with one attached hydrogen (secondary N) is 2. The van der Waals surface area contributed by atoms with Crippen molar-refractivity contribution >= 4 is 11.9 Å². The first-order valence-electron chi connectivity index (χ1n) is 8.26. The number of nitrogens with two attached hydrogens (primary N) is 1. The van der Waals surface area contributed by atoms with E-state index < -0.39 is 5.41 Å². The van der Waals surface area contributed by atoms with Crippen LogP contribution in [0.2, 0.25) is 0 Å². The Hall–Kier alpha value is -1.30. The predicted octanol–water partition coefficient (Wildman–Crippen LogP) is 0.782. The Morgan fingerprint density at radius 3 is 2.50 bits per heavy atom. The van der Waals surface area contributed by atoms with Gasteiger partial charge in [-0.2, -0.15) is 0 Å². The Kier molecular flexibility index (Phi) is 6.66. The van der Waals surface area contributed by atoms with Gasteiger partial charge in [0.25, 0.3) is 0 Å². The highest BCUT2D eigenvalue weighted by Crippen LogP contribution is 2.19. The van der Waals surface area contributed by atoms with Crippen LogP contribution in [0.15, 0.2) is 4.99 Å². The van der Waals surface area contributed by atoms with Crippen LogP contribution in [0.25, 0.3) is 0 Å². The van der Waals surface area contributed by atoms with E-state index in [1.54, 1.807) is 0 Å². The number of primary amides is 1. The standard InChI is InChI=1S/C16H33N5O/c1-7-18-15(19-10-16(5,6)14(17)22)20-13-9-21(11(2)3)8-12(13)4/h11-13H,7-10H2,1-6H3,(H2,17,22)(H2,18,19,20). The fourth-order valence-electron chi connectivity index (χ4n) is 2.46. The number of carbonyl (C=O) groups is 1. The lowest BCUT2D eigenvalue weighted by atomic mass is 9.93. The van der Waals surface area contributed by atoms with Crippen molar-refractivity contribution in [2.45, 2.75) is 53.6 Å². The molecule has 0 aliphatic carbocycles. The molecule has 1 heterocycles. The number of hydrogen-bond acceptors (Lipinski definition) is 3. The molecule has 0 aromatic heterocycles. The van der Waals surface area contributed by atoms with E-state index in [9.17, 15) is 4.79 Å².